The van der Waals surface area contributed by atoms with Gasteiger partial charge in [0.1, 0.15) is 11.6 Å². The number of carbonyl (C=O) groups is 1. The Morgan fingerprint density at radius 3 is 2.26 bits per heavy atom. The van der Waals surface area contributed by atoms with E-state index < -0.39 is 17.2 Å². The number of hydrogen-bond donors (Lipinski definition) is 2. The fraction of sp³-hybridized carbons (Fsp3) is 0.115. The van der Waals surface area contributed by atoms with Gasteiger partial charge in [0, 0.05) is 5.02 Å². The second kappa shape index (κ2) is 10.3. The minimum absolute atomic E-state index is 0.0200. The first-order chi connectivity index (χ1) is 16.9. The quantitative estimate of drug-likeness (QED) is 0.410. The zero-order valence-corrected chi connectivity index (χ0v) is 19.7. The first-order valence-electron chi connectivity index (χ1n) is 10.7. The predicted molar refractivity (Wildman–Crippen MR) is 136 cm³/mol. The maximum atomic E-state index is 13.8. The van der Waals surface area contributed by atoms with Crippen molar-refractivity contribution in [2.75, 3.05) is 17.7 Å². The van der Waals surface area contributed by atoms with Gasteiger partial charge in [-0.15, -0.1) is 0 Å². The normalized spacial score (nSPS) is 10.7. The van der Waals surface area contributed by atoms with E-state index in [2.05, 4.69) is 4.98 Å². The number of halogens is 1. The minimum atomic E-state index is -0.776. The lowest BCUT2D eigenvalue weighted by Crippen LogP contribution is -2.41. The Morgan fingerprint density at radius 1 is 1.00 bits per heavy atom. The van der Waals surface area contributed by atoms with Gasteiger partial charge in [0.25, 0.3) is 11.5 Å². The third-order valence-corrected chi connectivity index (χ3v) is 5.72. The summed E-state index contributed by atoms with van der Waals surface area (Å²) in [6.07, 6.45) is 0. The predicted octanol–water partition coefficient (Wildman–Crippen LogP) is 3.68. The number of aromatic nitrogens is 2. The molecular weight excluding hydrogens is 468 g/mol. The lowest BCUT2D eigenvalue weighted by atomic mass is 10.1. The van der Waals surface area contributed by atoms with Crippen molar-refractivity contribution in [3.8, 4) is 5.75 Å². The largest absolute Gasteiger partial charge is 0.496 e. The Bertz CT molecular complexity index is 1470. The minimum Gasteiger partial charge on any atom is -0.496 e. The van der Waals surface area contributed by atoms with Crippen LogP contribution in [0, 0.1) is 0 Å². The Labute approximate surface area is 206 Å². The number of nitrogens with one attached hydrogen (secondary N) is 1. The average molecular weight is 491 g/mol. The van der Waals surface area contributed by atoms with Crippen molar-refractivity contribution in [2.45, 2.75) is 13.1 Å². The van der Waals surface area contributed by atoms with Gasteiger partial charge < -0.3 is 10.5 Å². The molecule has 0 unspecified atom stereocenters. The molecule has 1 aromatic heterocycles. The second-order valence-corrected chi connectivity index (χ2v) is 8.22. The van der Waals surface area contributed by atoms with E-state index in [0.717, 1.165) is 11.1 Å². The Morgan fingerprint density at radius 2 is 1.63 bits per heavy atom. The highest BCUT2D eigenvalue weighted by Crippen LogP contribution is 2.28. The summed E-state index contributed by atoms with van der Waals surface area (Å²) >= 11 is 6.16. The van der Waals surface area contributed by atoms with Gasteiger partial charge in [-0.25, -0.2) is 4.79 Å². The number of aromatic amines is 1. The summed E-state index contributed by atoms with van der Waals surface area (Å²) in [5.41, 5.74) is 6.51. The molecule has 9 heteroatoms. The van der Waals surface area contributed by atoms with Crippen LogP contribution < -0.4 is 26.6 Å². The molecule has 8 nitrogen and oxygen atoms in total. The summed E-state index contributed by atoms with van der Waals surface area (Å²) in [6.45, 7) is 0.134. The third-order valence-electron chi connectivity index (χ3n) is 5.49. The molecule has 0 atom stereocenters. The number of H-pyrrole nitrogens is 1. The number of methoxy groups -OCH3 is 1. The summed E-state index contributed by atoms with van der Waals surface area (Å²) < 4.78 is 6.59. The molecule has 0 aliphatic rings. The Kier molecular flexibility index (Phi) is 7.03. The molecule has 1 amide bonds. The second-order valence-electron chi connectivity index (χ2n) is 7.79. The first-order valence-corrected chi connectivity index (χ1v) is 11.1. The molecule has 3 aromatic carbocycles. The number of nitrogens with two attached hydrogens (primary N) is 1. The number of carbonyl (C=O) groups excluding carboxylic acids is 1. The summed E-state index contributed by atoms with van der Waals surface area (Å²) in [5.74, 6) is -0.409. The summed E-state index contributed by atoms with van der Waals surface area (Å²) in [7, 11) is 1.43. The number of hydrogen-bond acceptors (Lipinski definition) is 5. The molecule has 4 rings (SSSR count). The van der Waals surface area contributed by atoms with Crippen LogP contribution in [0.15, 0.2) is 88.5 Å². The van der Waals surface area contributed by atoms with E-state index in [9.17, 15) is 14.4 Å². The standard InChI is InChI=1S/C26H23ClN4O4/c1-35-21-13-12-19(27)14-20(21)25(33)30(15-17-8-4-2-5-9-17)22-23(28)31(26(34)29-24(22)32)16-18-10-6-3-7-11-18/h2-14H,15-16,28H2,1H3,(H,29,32,34). The van der Waals surface area contributed by atoms with Gasteiger partial charge >= 0.3 is 5.69 Å². The highest BCUT2D eigenvalue weighted by Gasteiger charge is 2.28. The van der Waals surface area contributed by atoms with Crippen LogP contribution in [0.25, 0.3) is 0 Å². The van der Waals surface area contributed by atoms with Gasteiger partial charge in [-0.2, -0.15) is 0 Å². The molecule has 0 aliphatic heterocycles. The van der Waals surface area contributed by atoms with Crippen molar-refractivity contribution < 1.29 is 9.53 Å². The van der Waals surface area contributed by atoms with Crippen LogP contribution in [-0.4, -0.2) is 22.6 Å². The molecule has 3 N–H and O–H groups in total. The molecular formula is C26H23ClN4O4. The van der Waals surface area contributed by atoms with Crippen molar-refractivity contribution in [1.29, 1.82) is 0 Å². The van der Waals surface area contributed by atoms with Crippen LogP contribution in [-0.2, 0) is 13.1 Å². The topological polar surface area (TPSA) is 110 Å². The van der Waals surface area contributed by atoms with Crippen molar-refractivity contribution in [3.63, 3.8) is 0 Å². The number of nitrogen functional groups attached to an aromatic ring is 1. The monoisotopic (exact) mass is 490 g/mol. The Balaban J connectivity index is 1.89. The summed E-state index contributed by atoms with van der Waals surface area (Å²) in [4.78, 5) is 43.1. The molecule has 0 spiro atoms. The first kappa shape index (κ1) is 23.8. The van der Waals surface area contributed by atoms with Crippen LogP contribution in [0.3, 0.4) is 0 Å². The summed E-state index contributed by atoms with van der Waals surface area (Å²) in [5, 5.41) is 0.324. The zero-order valence-electron chi connectivity index (χ0n) is 18.9. The molecule has 35 heavy (non-hydrogen) atoms. The molecule has 0 saturated carbocycles. The van der Waals surface area contributed by atoms with Gasteiger partial charge in [-0.1, -0.05) is 72.3 Å². The van der Waals surface area contributed by atoms with E-state index in [1.807, 2.05) is 60.7 Å². The lowest BCUT2D eigenvalue weighted by Gasteiger charge is -2.25. The molecule has 178 valence electrons. The Hall–Kier alpha value is -4.30. The fourth-order valence-corrected chi connectivity index (χ4v) is 3.94. The molecule has 0 bridgehead atoms. The van der Waals surface area contributed by atoms with Crippen molar-refractivity contribution in [3.05, 3.63) is 121 Å². The van der Waals surface area contributed by atoms with Gasteiger partial charge in [-0.3, -0.25) is 24.0 Å². The van der Waals surface area contributed by atoms with Crippen LogP contribution in [0.5, 0.6) is 5.75 Å². The number of amides is 1. The van der Waals surface area contributed by atoms with E-state index in [0.29, 0.717) is 5.02 Å². The lowest BCUT2D eigenvalue weighted by molar-refractivity contribution is 0.0982. The maximum absolute atomic E-state index is 13.8. The molecule has 0 radical (unpaired) electrons. The van der Waals surface area contributed by atoms with E-state index in [4.69, 9.17) is 22.1 Å². The average Bonchev–Trinajstić information content (AvgIpc) is 2.86. The highest BCUT2D eigenvalue weighted by molar-refractivity contribution is 6.31. The molecule has 0 saturated heterocycles. The van der Waals surface area contributed by atoms with Crippen LogP contribution in [0.2, 0.25) is 5.02 Å². The fourth-order valence-electron chi connectivity index (χ4n) is 3.77. The molecule has 1 heterocycles. The smallest absolute Gasteiger partial charge is 0.330 e. The molecule has 0 aliphatic carbocycles. The van der Waals surface area contributed by atoms with Crippen molar-refractivity contribution in [1.82, 2.24) is 9.55 Å². The molecule has 0 fully saturated rings. The number of rotatable bonds is 7. The van der Waals surface area contributed by atoms with E-state index in [1.54, 1.807) is 12.1 Å². The van der Waals surface area contributed by atoms with E-state index in [1.165, 1.54) is 22.6 Å². The van der Waals surface area contributed by atoms with Crippen LogP contribution in [0.1, 0.15) is 21.5 Å². The highest BCUT2D eigenvalue weighted by atomic mass is 35.5. The number of nitrogens with zero attached hydrogens (tertiary/aromatic N) is 2. The maximum Gasteiger partial charge on any atom is 0.330 e. The van der Waals surface area contributed by atoms with Gasteiger partial charge in [-0.05, 0) is 29.3 Å². The van der Waals surface area contributed by atoms with Gasteiger partial charge in [0.15, 0.2) is 5.69 Å². The van der Waals surface area contributed by atoms with Crippen molar-refractivity contribution in [2.24, 2.45) is 0 Å². The summed E-state index contributed by atoms with van der Waals surface area (Å²) in [6, 6.07) is 22.9. The SMILES string of the molecule is COc1ccc(Cl)cc1C(=O)N(Cc1ccccc1)c1c(N)n(Cc2ccccc2)c(=O)[nH]c1=O. The van der Waals surface area contributed by atoms with E-state index >= 15 is 0 Å². The number of ether oxygens (including phenoxy) is 1. The van der Waals surface area contributed by atoms with Gasteiger partial charge in [0.2, 0.25) is 0 Å². The van der Waals surface area contributed by atoms with Crippen molar-refractivity contribution >= 4 is 29.0 Å². The van der Waals surface area contributed by atoms with Gasteiger partial charge in [0.05, 0.1) is 25.8 Å². The van der Waals surface area contributed by atoms with Crippen LogP contribution in [0.4, 0.5) is 11.5 Å². The van der Waals surface area contributed by atoms with Crippen LogP contribution >= 0.6 is 11.6 Å². The molecule has 4 aromatic rings. The third kappa shape index (κ3) is 5.12. The zero-order chi connectivity index (χ0) is 24.9. The number of benzene rings is 3. The van der Waals surface area contributed by atoms with E-state index in [-0.39, 0.29) is 35.9 Å². The number of anilines is 2.